The zero-order valence-corrected chi connectivity index (χ0v) is 12.6. The normalized spacial score (nSPS) is 11.6. The number of aromatic nitrogens is 1. The van der Waals surface area contributed by atoms with Crippen LogP contribution in [0.1, 0.15) is 26.5 Å². The lowest BCUT2D eigenvalue weighted by atomic mass is 10.1. The minimum absolute atomic E-state index is 0.135. The first-order chi connectivity index (χ1) is 9.54. The van der Waals surface area contributed by atoms with Crippen molar-refractivity contribution in [1.29, 1.82) is 0 Å². The van der Waals surface area contributed by atoms with Crippen LogP contribution >= 0.6 is 0 Å². The van der Waals surface area contributed by atoms with Gasteiger partial charge in [0.15, 0.2) is 0 Å². The molecule has 2 aromatic rings. The average molecular weight is 272 g/mol. The van der Waals surface area contributed by atoms with E-state index < -0.39 is 0 Å². The SMILES string of the molecule is CC(C)(C)NCc1cccn1CCOc1ccccc1. The van der Waals surface area contributed by atoms with E-state index in [2.05, 4.69) is 49.0 Å². The van der Waals surface area contributed by atoms with Gasteiger partial charge in [-0.1, -0.05) is 18.2 Å². The summed E-state index contributed by atoms with van der Waals surface area (Å²) < 4.78 is 7.98. The molecule has 1 N–H and O–H groups in total. The van der Waals surface area contributed by atoms with Crippen molar-refractivity contribution in [2.24, 2.45) is 0 Å². The predicted octanol–water partition coefficient (Wildman–Crippen LogP) is 3.46. The zero-order chi connectivity index (χ0) is 14.4. The lowest BCUT2D eigenvalue weighted by Gasteiger charge is -2.21. The first-order valence-electron chi connectivity index (χ1n) is 7.11. The van der Waals surface area contributed by atoms with Crippen LogP contribution in [0.3, 0.4) is 0 Å². The fourth-order valence-electron chi connectivity index (χ4n) is 1.96. The first-order valence-corrected chi connectivity index (χ1v) is 7.11. The molecule has 0 saturated carbocycles. The second-order valence-corrected chi connectivity index (χ2v) is 5.96. The van der Waals surface area contributed by atoms with Crippen LogP contribution in [-0.2, 0) is 13.1 Å². The van der Waals surface area contributed by atoms with Gasteiger partial charge in [0.2, 0.25) is 0 Å². The van der Waals surface area contributed by atoms with Crippen LogP contribution in [0.25, 0.3) is 0 Å². The summed E-state index contributed by atoms with van der Waals surface area (Å²) in [6.07, 6.45) is 2.11. The summed E-state index contributed by atoms with van der Waals surface area (Å²) in [6.45, 7) is 8.96. The van der Waals surface area contributed by atoms with E-state index in [-0.39, 0.29) is 5.54 Å². The Bertz CT molecular complexity index is 511. The van der Waals surface area contributed by atoms with E-state index in [9.17, 15) is 0 Å². The summed E-state index contributed by atoms with van der Waals surface area (Å²) in [4.78, 5) is 0. The minimum Gasteiger partial charge on any atom is -0.492 e. The number of ether oxygens (including phenoxy) is 1. The Labute approximate surface area is 121 Å². The number of benzene rings is 1. The van der Waals surface area contributed by atoms with Crippen molar-refractivity contribution in [1.82, 2.24) is 9.88 Å². The number of nitrogens with zero attached hydrogens (tertiary/aromatic N) is 1. The van der Waals surface area contributed by atoms with E-state index in [0.29, 0.717) is 6.61 Å². The zero-order valence-electron chi connectivity index (χ0n) is 12.6. The molecule has 0 fully saturated rings. The molecule has 2 rings (SSSR count). The topological polar surface area (TPSA) is 26.2 Å². The molecule has 0 saturated heterocycles. The molecule has 0 spiro atoms. The quantitative estimate of drug-likeness (QED) is 0.871. The maximum atomic E-state index is 5.74. The largest absolute Gasteiger partial charge is 0.492 e. The third kappa shape index (κ3) is 4.74. The maximum Gasteiger partial charge on any atom is 0.119 e. The highest BCUT2D eigenvalue weighted by Gasteiger charge is 2.10. The fraction of sp³-hybridized carbons (Fsp3) is 0.412. The first kappa shape index (κ1) is 14.7. The molecular weight excluding hydrogens is 248 g/mol. The smallest absolute Gasteiger partial charge is 0.119 e. The second kappa shape index (κ2) is 6.62. The van der Waals surface area contributed by atoms with Gasteiger partial charge in [-0.2, -0.15) is 0 Å². The van der Waals surface area contributed by atoms with Crippen LogP contribution in [0.4, 0.5) is 0 Å². The van der Waals surface area contributed by atoms with Gasteiger partial charge in [0, 0.05) is 24.0 Å². The lowest BCUT2D eigenvalue weighted by Crippen LogP contribution is -2.35. The highest BCUT2D eigenvalue weighted by molar-refractivity contribution is 5.20. The standard InChI is InChI=1S/C17H24N2O/c1-17(2,3)18-14-15-8-7-11-19(15)12-13-20-16-9-5-4-6-10-16/h4-11,18H,12-14H2,1-3H3. The monoisotopic (exact) mass is 272 g/mol. The molecule has 0 aliphatic carbocycles. The maximum absolute atomic E-state index is 5.74. The van der Waals surface area contributed by atoms with Crippen LogP contribution in [0.2, 0.25) is 0 Å². The van der Waals surface area contributed by atoms with Crippen LogP contribution in [-0.4, -0.2) is 16.7 Å². The summed E-state index contributed by atoms with van der Waals surface area (Å²) in [5, 5.41) is 3.51. The van der Waals surface area contributed by atoms with Gasteiger partial charge in [-0.05, 0) is 45.0 Å². The van der Waals surface area contributed by atoms with Gasteiger partial charge in [-0.3, -0.25) is 0 Å². The summed E-state index contributed by atoms with van der Waals surface area (Å²) in [5.74, 6) is 0.925. The van der Waals surface area contributed by atoms with Gasteiger partial charge in [-0.15, -0.1) is 0 Å². The highest BCUT2D eigenvalue weighted by Crippen LogP contribution is 2.09. The molecule has 0 atom stereocenters. The molecule has 20 heavy (non-hydrogen) atoms. The van der Waals surface area contributed by atoms with Crippen molar-refractivity contribution >= 4 is 0 Å². The molecule has 108 valence electrons. The van der Waals surface area contributed by atoms with Gasteiger partial charge in [0.1, 0.15) is 12.4 Å². The van der Waals surface area contributed by atoms with Crippen LogP contribution in [0.5, 0.6) is 5.75 Å². The third-order valence-electron chi connectivity index (χ3n) is 3.07. The Hall–Kier alpha value is -1.74. The van der Waals surface area contributed by atoms with Crippen molar-refractivity contribution in [3.8, 4) is 5.75 Å². The minimum atomic E-state index is 0.135. The predicted molar refractivity (Wildman–Crippen MR) is 83.0 cm³/mol. The average Bonchev–Trinajstić information content (AvgIpc) is 2.84. The van der Waals surface area contributed by atoms with Crippen molar-refractivity contribution in [2.45, 2.75) is 39.4 Å². The van der Waals surface area contributed by atoms with E-state index in [1.54, 1.807) is 0 Å². The number of rotatable bonds is 6. The Morgan fingerprint density at radius 3 is 2.50 bits per heavy atom. The Morgan fingerprint density at radius 1 is 1.05 bits per heavy atom. The summed E-state index contributed by atoms with van der Waals surface area (Å²) >= 11 is 0. The molecule has 0 aliphatic heterocycles. The van der Waals surface area contributed by atoms with Gasteiger partial charge < -0.3 is 14.6 Å². The van der Waals surface area contributed by atoms with Crippen molar-refractivity contribution in [3.63, 3.8) is 0 Å². The van der Waals surface area contributed by atoms with Crippen molar-refractivity contribution in [2.75, 3.05) is 6.61 Å². The molecule has 0 aliphatic rings. The van der Waals surface area contributed by atoms with E-state index in [1.807, 2.05) is 30.3 Å². The molecule has 1 aromatic carbocycles. The Kier molecular flexibility index (Phi) is 4.85. The summed E-state index contributed by atoms with van der Waals surface area (Å²) in [5.41, 5.74) is 1.42. The van der Waals surface area contributed by atoms with Crippen molar-refractivity contribution in [3.05, 3.63) is 54.4 Å². The third-order valence-corrected chi connectivity index (χ3v) is 3.07. The second-order valence-electron chi connectivity index (χ2n) is 5.96. The molecule has 0 amide bonds. The Morgan fingerprint density at radius 2 is 1.80 bits per heavy atom. The molecule has 0 unspecified atom stereocenters. The van der Waals surface area contributed by atoms with Gasteiger partial charge >= 0.3 is 0 Å². The molecular formula is C17H24N2O. The molecule has 1 heterocycles. The lowest BCUT2D eigenvalue weighted by molar-refractivity contribution is 0.295. The summed E-state index contributed by atoms with van der Waals surface area (Å²) in [6, 6.07) is 14.2. The van der Waals surface area contributed by atoms with E-state index in [4.69, 9.17) is 4.74 Å². The van der Waals surface area contributed by atoms with E-state index in [1.165, 1.54) is 5.69 Å². The summed E-state index contributed by atoms with van der Waals surface area (Å²) in [7, 11) is 0. The molecule has 3 nitrogen and oxygen atoms in total. The van der Waals surface area contributed by atoms with Gasteiger partial charge in [-0.25, -0.2) is 0 Å². The van der Waals surface area contributed by atoms with Crippen LogP contribution < -0.4 is 10.1 Å². The molecule has 0 bridgehead atoms. The highest BCUT2D eigenvalue weighted by atomic mass is 16.5. The van der Waals surface area contributed by atoms with E-state index >= 15 is 0 Å². The number of hydrogen-bond donors (Lipinski definition) is 1. The van der Waals surface area contributed by atoms with E-state index in [0.717, 1.165) is 18.8 Å². The number of nitrogens with one attached hydrogen (secondary N) is 1. The number of para-hydroxylation sites is 1. The van der Waals surface area contributed by atoms with Crippen molar-refractivity contribution < 1.29 is 4.74 Å². The number of hydrogen-bond acceptors (Lipinski definition) is 2. The molecule has 3 heteroatoms. The van der Waals surface area contributed by atoms with Crippen LogP contribution in [0, 0.1) is 0 Å². The van der Waals surface area contributed by atoms with Crippen LogP contribution in [0.15, 0.2) is 48.7 Å². The molecule has 0 radical (unpaired) electrons. The fourth-order valence-corrected chi connectivity index (χ4v) is 1.96. The molecule has 1 aromatic heterocycles. The van der Waals surface area contributed by atoms with Gasteiger partial charge in [0.25, 0.3) is 0 Å². The van der Waals surface area contributed by atoms with Gasteiger partial charge in [0.05, 0.1) is 6.54 Å². The Balaban J connectivity index is 1.83.